The van der Waals surface area contributed by atoms with Gasteiger partial charge in [-0.3, -0.25) is 0 Å². The third kappa shape index (κ3) is 4.61. The van der Waals surface area contributed by atoms with Crippen LogP contribution in [0.25, 0.3) is 0 Å². The molecular formula is C10H20GeS4. The van der Waals surface area contributed by atoms with Crippen LogP contribution < -0.4 is 0 Å². The zero-order valence-corrected chi connectivity index (χ0v) is 14.9. The van der Waals surface area contributed by atoms with Gasteiger partial charge in [0.05, 0.1) is 0 Å². The average molecular weight is 341 g/mol. The van der Waals surface area contributed by atoms with Crippen molar-refractivity contribution in [1.29, 1.82) is 0 Å². The Bertz CT molecular complexity index is 182. The summed E-state index contributed by atoms with van der Waals surface area (Å²) in [5.41, 5.74) is 0. The summed E-state index contributed by atoms with van der Waals surface area (Å²) >= 11 is 4.32. The predicted octanol–water partition coefficient (Wildman–Crippen LogP) is 4.17. The Balaban J connectivity index is 1.75. The summed E-state index contributed by atoms with van der Waals surface area (Å²) < 4.78 is 0. The Hall–Kier alpha value is 1.94. The van der Waals surface area contributed by atoms with Crippen molar-refractivity contribution in [2.75, 3.05) is 23.0 Å². The van der Waals surface area contributed by atoms with Crippen LogP contribution in [0.15, 0.2) is 0 Å². The van der Waals surface area contributed by atoms with Crippen LogP contribution in [0.4, 0.5) is 0 Å². The van der Waals surface area contributed by atoms with E-state index in [4.69, 9.17) is 0 Å². The fraction of sp³-hybridized carbons (Fsp3) is 1.00. The summed E-state index contributed by atoms with van der Waals surface area (Å²) in [6.45, 7) is 4.90. The molecule has 2 aliphatic rings. The molecule has 15 heavy (non-hydrogen) atoms. The van der Waals surface area contributed by atoms with E-state index in [9.17, 15) is 0 Å². The molecule has 2 atom stereocenters. The molecule has 2 saturated heterocycles. The van der Waals surface area contributed by atoms with Gasteiger partial charge in [0.25, 0.3) is 0 Å². The maximum atomic E-state index is 2.45. The summed E-state index contributed by atoms with van der Waals surface area (Å²) in [5, 5.41) is 5.10. The SMILES string of the molecule is C[CH2][Ge]([CH2]C)([S]CC1CS1)[S]CC1CS1. The molecule has 0 amide bonds. The molecule has 0 radical (unpaired) electrons. The van der Waals surface area contributed by atoms with Gasteiger partial charge in [-0.15, -0.1) is 0 Å². The van der Waals surface area contributed by atoms with Gasteiger partial charge in [0.2, 0.25) is 0 Å². The molecule has 2 aliphatic heterocycles. The molecule has 0 N–H and O–H groups in total. The zero-order chi connectivity index (χ0) is 10.7. The first-order chi connectivity index (χ1) is 7.28. The molecule has 0 nitrogen and oxygen atoms in total. The molecular weight excluding hydrogens is 321 g/mol. The van der Waals surface area contributed by atoms with Crippen molar-refractivity contribution in [3.05, 3.63) is 0 Å². The van der Waals surface area contributed by atoms with Crippen LogP contribution in [-0.4, -0.2) is 44.5 Å². The minimum absolute atomic E-state index is 1.04. The quantitative estimate of drug-likeness (QED) is 0.480. The average Bonchev–Trinajstić information content (AvgIpc) is 3.14. The second-order valence-corrected chi connectivity index (χ2v) is 27.9. The van der Waals surface area contributed by atoms with Crippen molar-refractivity contribution in [2.45, 2.75) is 34.9 Å². The molecule has 0 aliphatic carbocycles. The van der Waals surface area contributed by atoms with E-state index in [0.29, 0.717) is 0 Å². The number of thioether (sulfide) groups is 2. The van der Waals surface area contributed by atoms with Crippen molar-refractivity contribution in [3.8, 4) is 0 Å². The van der Waals surface area contributed by atoms with Gasteiger partial charge in [-0.25, -0.2) is 0 Å². The molecule has 88 valence electrons. The Morgan fingerprint density at radius 1 is 1.00 bits per heavy atom. The van der Waals surface area contributed by atoms with E-state index in [-0.39, 0.29) is 0 Å². The first-order valence-corrected chi connectivity index (χ1v) is 18.0. The molecule has 0 saturated carbocycles. The van der Waals surface area contributed by atoms with E-state index < -0.39 is 11.0 Å². The summed E-state index contributed by atoms with van der Waals surface area (Å²) in [6.07, 6.45) is 0. The van der Waals surface area contributed by atoms with Gasteiger partial charge < -0.3 is 0 Å². The van der Waals surface area contributed by atoms with Crippen molar-refractivity contribution in [2.24, 2.45) is 0 Å². The molecule has 2 rings (SSSR count). The number of hydrogen-bond donors (Lipinski definition) is 0. The van der Waals surface area contributed by atoms with Crippen LogP contribution in [0, 0.1) is 0 Å². The predicted molar refractivity (Wildman–Crippen MR) is 84.1 cm³/mol. The van der Waals surface area contributed by atoms with Crippen LogP contribution >= 0.6 is 43.7 Å². The molecule has 2 fully saturated rings. The third-order valence-corrected chi connectivity index (χ3v) is 30.4. The summed E-state index contributed by atoms with van der Waals surface area (Å²) in [7, 11) is 3.35. The van der Waals surface area contributed by atoms with Gasteiger partial charge in [0.1, 0.15) is 0 Å². The van der Waals surface area contributed by atoms with Crippen LogP contribution in [0.3, 0.4) is 0 Å². The van der Waals surface area contributed by atoms with Gasteiger partial charge in [0, 0.05) is 0 Å². The van der Waals surface area contributed by atoms with Gasteiger partial charge in [-0.1, -0.05) is 0 Å². The van der Waals surface area contributed by atoms with E-state index in [1.54, 1.807) is 0 Å². The molecule has 0 spiro atoms. The van der Waals surface area contributed by atoms with Crippen molar-refractivity contribution in [1.82, 2.24) is 0 Å². The van der Waals surface area contributed by atoms with E-state index in [1.807, 2.05) is 0 Å². The van der Waals surface area contributed by atoms with Gasteiger partial charge in [-0.2, -0.15) is 0 Å². The Morgan fingerprint density at radius 2 is 1.40 bits per heavy atom. The van der Waals surface area contributed by atoms with E-state index >= 15 is 0 Å². The monoisotopic (exact) mass is 342 g/mol. The summed E-state index contributed by atoms with van der Waals surface area (Å²) in [6, 6.07) is 0. The van der Waals surface area contributed by atoms with Crippen molar-refractivity contribution >= 4 is 54.7 Å². The van der Waals surface area contributed by atoms with Crippen LogP contribution in [0.2, 0.25) is 10.5 Å². The van der Waals surface area contributed by atoms with Crippen LogP contribution in [0.1, 0.15) is 13.8 Å². The molecule has 2 heterocycles. The first-order valence-electron chi connectivity index (χ1n) is 5.79. The van der Waals surface area contributed by atoms with Gasteiger partial charge in [-0.05, 0) is 0 Å². The summed E-state index contributed by atoms with van der Waals surface area (Å²) in [5.74, 6) is 5.83. The fourth-order valence-corrected chi connectivity index (χ4v) is 23.6. The Morgan fingerprint density at radius 3 is 1.67 bits per heavy atom. The van der Waals surface area contributed by atoms with Gasteiger partial charge in [0.15, 0.2) is 0 Å². The number of hydrogen-bond acceptors (Lipinski definition) is 4. The van der Waals surface area contributed by atoms with Gasteiger partial charge >= 0.3 is 113 Å². The van der Waals surface area contributed by atoms with E-state index in [1.165, 1.54) is 33.5 Å². The van der Waals surface area contributed by atoms with Crippen molar-refractivity contribution in [3.63, 3.8) is 0 Å². The molecule has 0 aromatic carbocycles. The maximum absolute atomic E-state index is 2.45. The minimum atomic E-state index is -1.51. The molecule has 0 bridgehead atoms. The normalized spacial score (nSPS) is 29.2. The molecule has 2 unspecified atom stereocenters. The fourth-order valence-electron chi connectivity index (χ4n) is 1.52. The molecule has 0 aromatic rings. The van der Waals surface area contributed by atoms with E-state index in [0.717, 1.165) is 10.5 Å². The Labute approximate surface area is 112 Å². The molecule has 5 heteroatoms. The summed E-state index contributed by atoms with van der Waals surface area (Å²) in [4.78, 5) is 0. The van der Waals surface area contributed by atoms with E-state index in [2.05, 4.69) is 57.5 Å². The zero-order valence-electron chi connectivity index (χ0n) is 9.53. The van der Waals surface area contributed by atoms with Crippen LogP contribution in [0.5, 0.6) is 0 Å². The van der Waals surface area contributed by atoms with Crippen molar-refractivity contribution < 1.29 is 0 Å². The topological polar surface area (TPSA) is 0 Å². The molecule has 0 aromatic heterocycles. The third-order valence-electron chi connectivity index (χ3n) is 2.95. The Kier molecular flexibility index (Phi) is 5.54. The standard InChI is InChI=1S/C10H20GeS4/c1-3-11(4-2,14-7-9-5-12-9)15-8-10-6-13-10/h9-10H,3-8H2,1-2H3. The van der Waals surface area contributed by atoms with Crippen LogP contribution in [-0.2, 0) is 0 Å². The number of rotatable bonds is 8. The second-order valence-electron chi connectivity index (χ2n) is 4.15. The second kappa shape index (κ2) is 6.21. The first kappa shape index (κ1) is 13.4.